The quantitative estimate of drug-likeness (QED) is 0.309. The molecular formula is C29H43N7. The van der Waals surface area contributed by atoms with Crippen LogP contribution in [0.4, 0.5) is 5.82 Å². The topological polar surface area (TPSA) is 86.1 Å². The number of rotatable bonds is 8. The number of allylic oxidation sites excluding steroid dienone is 1. The Bertz CT molecular complexity index is 1170. The molecule has 3 N–H and O–H groups in total. The summed E-state index contributed by atoms with van der Waals surface area (Å²) in [5.41, 5.74) is 13.1. The first kappa shape index (κ1) is 28.8. The molecule has 194 valence electrons. The zero-order valence-electron chi connectivity index (χ0n) is 22.8. The van der Waals surface area contributed by atoms with E-state index < -0.39 is 0 Å². The summed E-state index contributed by atoms with van der Waals surface area (Å²) in [5, 5.41) is 12.0. The number of nitrogens with one attached hydrogen (secondary N) is 1. The molecule has 0 radical (unpaired) electrons. The Labute approximate surface area is 216 Å². The van der Waals surface area contributed by atoms with Gasteiger partial charge in [-0.25, -0.2) is 9.50 Å². The summed E-state index contributed by atoms with van der Waals surface area (Å²) >= 11 is 0. The molecule has 3 aromatic heterocycles. The lowest BCUT2D eigenvalue weighted by molar-refractivity contribution is 0.556. The molecule has 0 saturated heterocycles. The average molecular weight is 490 g/mol. The van der Waals surface area contributed by atoms with Crippen LogP contribution in [0.25, 0.3) is 5.52 Å². The van der Waals surface area contributed by atoms with Crippen molar-refractivity contribution in [2.24, 2.45) is 0 Å². The maximum atomic E-state index is 6.00. The number of aromatic nitrogens is 5. The molecule has 1 atom stereocenters. The minimum atomic E-state index is 0.495. The van der Waals surface area contributed by atoms with E-state index in [1.54, 1.807) is 6.08 Å². The maximum absolute atomic E-state index is 6.00. The highest BCUT2D eigenvalue weighted by Crippen LogP contribution is 2.29. The van der Waals surface area contributed by atoms with Crippen LogP contribution >= 0.6 is 0 Å². The van der Waals surface area contributed by atoms with E-state index in [0.29, 0.717) is 11.7 Å². The van der Waals surface area contributed by atoms with Gasteiger partial charge in [-0.15, -0.1) is 6.58 Å². The Hall–Kier alpha value is -3.45. The number of nitrogens with zero attached hydrogens (tertiary/aromatic N) is 5. The Morgan fingerprint density at radius 2 is 1.86 bits per heavy atom. The van der Waals surface area contributed by atoms with Crippen LogP contribution < -0.4 is 11.1 Å². The van der Waals surface area contributed by atoms with E-state index in [4.69, 9.17) is 5.73 Å². The number of fused-ring (bicyclic) bond motifs is 1. The van der Waals surface area contributed by atoms with Gasteiger partial charge < -0.3 is 11.1 Å². The standard InChI is InChI=1S/C14H23N5.C12H14N2.C3H6/c1-4-10(6-7-16-3)12-8-11(5-2)13-14(15)17-9-18-19(12)13;1-10-8-14(13-11(10)2)9-12-6-4-3-5-7-12;1-3-2/h8-10,16H,4-7H2,1-3H3,(H2,15,17,18);3-8H,9H2,1-2H3;3H,1H2,2H3. The maximum Gasteiger partial charge on any atom is 0.151 e. The summed E-state index contributed by atoms with van der Waals surface area (Å²) in [5.74, 6) is 1.07. The molecule has 4 rings (SSSR count). The van der Waals surface area contributed by atoms with Crippen LogP contribution in [0.1, 0.15) is 67.6 Å². The predicted octanol–water partition coefficient (Wildman–Crippen LogP) is 5.72. The second-order valence-electron chi connectivity index (χ2n) is 8.84. The molecule has 3 heterocycles. The van der Waals surface area contributed by atoms with Crippen LogP contribution in [0.15, 0.2) is 61.6 Å². The summed E-state index contributed by atoms with van der Waals surface area (Å²) in [6.07, 6.45) is 8.52. The Morgan fingerprint density at radius 3 is 2.42 bits per heavy atom. The van der Waals surface area contributed by atoms with Crippen molar-refractivity contribution in [1.82, 2.24) is 29.7 Å². The first-order valence-corrected chi connectivity index (χ1v) is 12.8. The molecule has 7 nitrogen and oxygen atoms in total. The van der Waals surface area contributed by atoms with E-state index in [9.17, 15) is 0 Å². The molecular weight excluding hydrogens is 446 g/mol. The number of aryl methyl sites for hydroxylation is 3. The molecule has 0 aliphatic rings. The van der Waals surface area contributed by atoms with Crippen LogP contribution in [0.3, 0.4) is 0 Å². The first-order valence-electron chi connectivity index (χ1n) is 12.8. The van der Waals surface area contributed by atoms with E-state index in [2.05, 4.69) is 84.4 Å². The molecule has 4 aromatic rings. The van der Waals surface area contributed by atoms with Crippen molar-refractivity contribution in [1.29, 1.82) is 0 Å². The highest BCUT2D eigenvalue weighted by atomic mass is 15.3. The van der Waals surface area contributed by atoms with Gasteiger partial charge in [-0.05, 0) is 76.4 Å². The van der Waals surface area contributed by atoms with Crippen LogP contribution in [0.5, 0.6) is 0 Å². The van der Waals surface area contributed by atoms with Crippen molar-refractivity contribution in [3.8, 4) is 0 Å². The van der Waals surface area contributed by atoms with Gasteiger partial charge in [0.25, 0.3) is 0 Å². The highest BCUT2D eigenvalue weighted by molar-refractivity contribution is 5.71. The number of benzene rings is 1. The van der Waals surface area contributed by atoms with Gasteiger partial charge in [-0.1, -0.05) is 50.3 Å². The predicted molar refractivity (Wildman–Crippen MR) is 151 cm³/mol. The van der Waals surface area contributed by atoms with Crippen LogP contribution in [0.2, 0.25) is 0 Å². The minimum absolute atomic E-state index is 0.495. The lowest BCUT2D eigenvalue weighted by Gasteiger charge is -2.14. The van der Waals surface area contributed by atoms with E-state index in [1.807, 2.05) is 36.2 Å². The highest BCUT2D eigenvalue weighted by Gasteiger charge is 2.18. The number of anilines is 1. The average Bonchev–Trinajstić information content (AvgIpc) is 3.41. The van der Waals surface area contributed by atoms with E-state index in [1.165, 1.54) is 28.7 Å². The fourth-order valence-electron chi connectivity index (χ4n) is 4.08. The lowest BCUT2D eigenvalue weighted by atomic mass is 9.98. The number of hydrogen-bond donors (Lipinski definition) is 2. The number of hydrogen-bond acceptors (Lipinski definition) is 5. The van der Waals surface area contributed by atoms with E-state index in [0.717, 1.165) is 43.6 Å². The Morgan fingerprint density at radius 1 is 1.17 bits per heavy atom. The van der Waals surface area contributed by atoms with Crippen molar-refractivity contribution in [3.05, 3.63) is 89.7 Å². The Kier molecular flexibility index (Phi) is 11.9. The third kappa shape index (κ3) is 7.78. The third-order valence-corrected chi connectivity index (χ3v) is 6.10. The third-order valence-electron chi connectivity index (χ3n) is 6.10. The zero-order chi connectivity index (χ0) is 26.5. The summed E-state index contributed by atoms with van der Waals surface area (Å²) in [7, 11) is 1.99. The minimum Gasteiger partial charge on any atom is -0.382 e. The molecule has 0 amide bonds. The molecule has 1 aromatic carbocycles. The van der Waals surface area contributed by atoms with E-state index in [-0.39, 0.29) is 0 Å². The Balaban J connectivity index is 0.000000237. The van der Waals surface area contributed by atoms with Gasteiger partial charge in [0.2, 0.25) is 0 Å². The second-order valence-corrected chi connectivity index (χ2v) is 8.84. The van der Waals surface area contributed by atoms with Crippen molar-refractivity contribution >= 4 is 11.3 Å². The van der Waals surface area contributed by atoms with Gasteiger partial charge in [0, 0.05) is 17.8 Å². The number of nitrogen functional groups attached to an aromatic ring is 1. The summed E-state index contributed by atoms with van der Waals surface area (Å²) < 4.78 is 3.96. The zero-order valence-corrected chi connectivity index (χ0v) is 22.8. The molecule has 36 heavy (non-hydrogen) atoms. The van der Waals surface area contributed by atoms with Crippen molar-refractivity contribution < 1.29 is 0 Å². The molecule has 0 bridgehead atoms. The molecule has 0 saturated carbocycles. The van der Waals surface area contributed by atoms with Gasteiger partial charge in [0.1, 0.15) is 11.8 Å². The molecule has 0 spiro atoms. The molecule has 0 aliphatic carbocycles. The van der Waals surface area contributed by atoms with Crippen LogP contribution in [-0.2, 0) is 13.0 Å². The van der Waals surface area contributed by atoms with Crippen LogP contribution in [-0.4, -0.2) is 38.0 Å². The van der Waals surface area contributed by atoms with Gasteiger partial charge >= 0.3 is 0 Å². The lowest BCUT2D eigenvalue weighted by Crippen LogP contribution is -2.13. The van der Waals surface area contributed by atoms with Gasteiger partial charge in [0.15, 0.2) is 5.82 Å². The monoisotopic (exact) mass is 489 g/mol. The first-order chi connectivity index (χ1) is 17.4. The number of nitrogens with two attached hydrogens (primary N) is 1. The van der Waals surface area contributed by atoms with Gasteiger partial charge in [-0.2, -0.15) is 10.2 Å². The molecule has 0 aliphatic heterocycles. The fourth-order valence-corrected chi connectivity index (χ4v) is 4.08. The molecule has 1 unspecified atom stereocenters. The van der Waals surface area contributed by atoms with Gasteiger partial charge in [-0.3, -0.25) is 4.68 Å². The smallest absolute Gasteiger partial charge is 0.151 e. The normalized spacial score (nSPS) is 11.3. The van der Waals surface area contributed by atoms with Crippen molar-refractivity contribution in [3.63, 3.8) is 0 Å². The molecule has 0 fully saturated rings. The van der Waals surface area contributed by atoms with Crippen molar-refractivity contribution in [2.45, 2.75) is 66.3 Å². The summed E-state index contributed by atoms with van der Waals surface area (Å²) in [6.45, 7) is 15.6. The fraction of sp³-hybridized carbons (Fsp3) is 0.414. The summed E-state index contributed by atoms with van der Waals surface area (Å²) in [6, 6.07) is 12.6. The molecule has 7 heteroatoms. The summed E-state index contributed by atoms with van der Waals surface area (Å²) in [4.78, 5) is 4.11. The van der Waals surface area contributed by atoms with Gasteiger partial charge in [0.05, 0.1) is 12.2 Å². The second kappa shape index (κ2) is 14.8. The SMILES string of the molecule is C=CC.CCc1cc(C(CC)CCNC)n2ncnc(N)c12.Cc1cn(Cc2ccccc2)nc1C. The van der Waals surface area contributed by atoms with Crippen molar-refractivity contribution in [2.75, 3.05) is 19.3 Å². The van der Waals surface area contributed by atoms with E-state index >= 15 is 0 Å². The van der Waals surface area contributed by atoms with Crippen LogP contribution in [0, 0.1) is 13.8 Å². The largest absolute Gasteiger partial charge is 0.382 e.